The van der Waals surface area contributed by atoms with E-state index in [-0.39, 0.29) is 29.7 Å². The number of amides is 1. The van der Waals surface area contributed by atoms with Crippen LogP contribution in [-0.4, -0.2) is 23.7 Å². The van der Waals surface area contributed by atoms with Crippen LogP contribution in [-0.2, 0) is 11.2 Å². The van der Waals surface area contributed by atoms with E-state index >= 15 is 0 Å². The zero-order chi connectivity index (χ0) is 14.5. The average Bonchev–Trinajstić information content (AvgIpc) is 2.28. The lowest BCUT2D eigenvalue weighted by atomic mass is 9.87. The lowest BCUT2D eigenvalue weighted by Gasteiger charge is -2.26. The third-order valence-electron chi connectivity index (χ3n) is 2.89. The number of carbonyl (C=O) groups is 1. The van der Waals surface area contributed by atoms with Gasteiger partial charge < -0.3 is 10.4 Å². The van der Waals surface area contributed by atoms with Crippen molar-refractivity contribution in [2.24, 2.45) is 5.41 Å². The van der Waals surface area contributed by atoms with Crippen molar-refractivity contribution >= 4 is 5.91 Å². The molecular weight excluding hydrogens is 245 g/mol. The van der Waals surface area contributed by atoms with Gasteiger partial charge in [-0.15, -0.1) is 0 Å². The van der Waals surface area contributed by atoms with Crippen LogP contribution in [0.15, 0.2) is 24.3 Å². The maximum atomic E-state index is 12.7. The van der Waals surface area contributed by atoms with Gasteiger partial charge in [0.15, 0.2) is 0 Å². The maximum absolute atomic E-state index is 12.7. The summed E-state index contributed by atoms with van der Waals surface area (Å²) in [7, 11) is 0. The van der Waals surface area contributed by atoms with Gasteiger partial charge in [0, 0.05) is 6.54 Å². The van der Waals surface area contributed by atoms with Crippen molar-refractivity contribution in [2.75, 3.05) is 6.54 Å². The van der Waals surface area contributed by atoms with E-state index in [1.165, 1.54) is 12.1 Å². The summed E-state index contributed by atoms with van der Waals surface area (Å²) in [6, 6.07) is 5.91. The van der Waals surface area contributed by atoms with Crippen molar-refractivity contribution in [3.05, 3.63) is 35.6 Å². The number of rotatable bonds is 6. The van der Waals surface area contributed by atoms with E-state index in [2.05, 4.69) is 5.32 Å². The molecule has 0 radical (unpaired) electrons. The topological polar surface area (TPSA) is 49.3 Å². The molecule has 1 aromatic carbocycles. The van der Waals surface area contributed by atoms with E-state index in [1.807, 2.05) is 13.8 Å². The van der Waals surface area contributed by atoms with Gasteiger partial charge in [0.2, 0.25) is 5.91 Å². The van der Waals surface area contributed by atoms with Gasteiger partial charge in [-0.3, -0.25) is 4.79 Å². The molecule has 0 fully saturated rings. The summed E-state index contributed by atoms with van der Waals surface area (Å²) in [5.74, 6) is -0.396. The second-order valence-corrected chi connectivity index (χ2v) is 5.80. The molecule has 0 saturated carbocycles. The number of hydrogen-bond donors (Lipinski definition) is 2. The summed E-state index contributed by atoms with van der Waals surface area (Å²) in [5.41, 5.74) is 0.638. The molecule has 0 saturated heterocycles. The zero-order valence-corrected chi connectivity index (χ0v) is 11.7. The minimum atomic E-state index is -0.385. The van der Waals surface area contributed by atoms with Gasteiger partial charge in [-0.1, -0.05) is 26.0 Å². The van der Waals surface area contributed by atoms with Gasteiger partial charge in [0.05, 0.1) is 12.5 Å². The SMILES string of the molecule is CC(O)CC(C)(C)CNC(=O)Cc1ccc(F)cc1. The maximum Gasteiger partial charge on any atom is 0.224 e. The number of halogens is 1. The number of hydrogen-bond acceptors (Lipinski definition) is 2. The number of nitrogens with one attached hydrogen (secondary N) is 1. The smallest absolute Gasteiger partial charge is 0.224 e. The summed E-state index contributed by atoms with van der Waals surface area (Å²) >= 11 is 0. The second-order valence-electron chi connectivity index (χ2n) is 5.80. The lowest BCUT2D eigenvalue weighted by Crippen LogP contribution is -2.36. The fraction of sp³-hybridized carbons (Fsp3) is 0.533. The summed E-state index contributed by atoms with van der Waals surface area (Å²) in [4.78, 5) is 11.8. The van der Waals surface area contributed by atoms with Crippen LogP contribution in [0.25, 0.3) is 0 Å². The van der Waals surface area contributed by atoms with Crippen LogP contribution in [0.5, 0.6) is 0 Å². The first-order chi connectivity index (χ1) is 8.78. The Hall–Kier alpha value is -1.42. The van der Waals surface area contributed by atoms with Gasteiger partial charge in [-0.2, -0.15) is 0 Å². The predicted molar refractivity (Wildman–Crippen MR) is 73.2 cm³/mol. The van der Waals surface area contributed by atoms with Crippen LogP contribution in [0.2, 0.25) is 0 Å². The van der Waals surface area contributed by atoms with E-state index < -0.39 is 0 Å². The first-order valence-corrected chi connectivity index (χ1v) is 6.48. The molecule has 106 valence electrons. The number of aliphatic hydroxyl groups is 1. The third kappa shape index (κ3) is 6.34. The molecular formula is C15H22FNO2. The Morgan fingerprint density at radius 2 is 1.95 bits per heavy atom. The molecule has 0 aliphatic heterocycles. The Labute approximate surface area is 113 Å². The number of carbonyl (C=O) groups excluding carboxylic acids is 1. The van der Waals surface area contributed by atoms with Crippen LogP contribution in [0.1, 0.15) is 32.8 Å². The highest BCUT2D eigenvalue weighted by Crippen LogP contribution is 2.21. The molecule has 0 spiro atoms. The molecule has 1 amide bonds. The normalized spacial score (nSPS) is 13.1. The third-order valence-corrected chi connectivity index (χ3v) is 2.89. The Bertz CT molecular complexity index is 413. The molecule has 0 aromatic heterocycles. The van der Waals surface area contributed by atoms with Gasteiger partial charge in [-0.25, -0.2) is 4.39 Å². The Morgan fingerprint density at radius 3 is 2.47 bits per heavy atom. The highest BCUT2D eigenvalue weighted by atomic mass is 19.1. The van der Waals surface area contributed by atoms with Gasteiger partial charge in [0.1, 0.15) is 5.82 Å². The number of aliphatic hydroxyl groups excluding tert-OH is 1. The Kier molecular flexibility index (Phi) is 5.48. The first kappa shape index (κ1) is 15.6. The lowest BCUT2D eigenvalue weighted by molar-refractivity contribution is -0.121. The molecule has 0 heterocycles. The summed E-state index contributed by atoms with van der Waals surface area (Å²) < 4.78 is 12.7. The van der Waals surface area contributed by atoms with Crippen molar-refractivity contribution in [1.82, 2.24) is 5.32 Å². The van der Waals surface area contributed by atoms with Crippen molar-refractivity contribution < 1.29 is 14.3 Å². The second kappa shape index (κ2) is 6.66. The van der Waals surface area contributed by atoms with Crippen molar-refractivity contribution in [1.29, 1.82) is 0 Å². The van der Waals surface area contributed by atoms with Crippen LogP contribution >= 0.6 is 0 Å². The molecule has 3 nitrogen and oxygen atoms in total. The summed E-state index contributed by atoms with van der Waals surface area (Å²) in [6.07, 6.45) is 0.485. The van der Waals surface area contributed by atoms with Gasteiger partial charge >= 0.3 is 0 Å². The Morgan fingerprint density at radius 1 is 1.37 bits per heavy atom. The molecule has 19 heavy (non-hydrogen) atoms. The molecule has 1 unspecified atom stereocenters. The first-order valence-electron chi connectivity index (χ1n) is 6.48. The van der Waals surface area contributed by atoms with E-state index in [9.17, 15) is 14.3 Å². The Balaban J connectivity index is 2.41. The molecule has 0 aliphatic carbocycles. The van der Waals surface area contributed by atoms with Crippen molar-refractivity contribution in [2.45, 2.75) is 39.7 Å². The molecule has 1 aromatic rings. The molecule has 0 aliphatic rings. The van der Waals surface area contributed by atoms with Crippen LogP contribution in [0.3, 0.4) is 0 Å². The highest BCUT2D eigenvalue weighted by molar-refractivity contribution is 5.78. The fourth-order valence-corrected chi connectivity index (χ4v) is 2.06. The summed E-state index contributed by atoms with van der Waals surface area (Å²) in [6.45, 7) is 6.25. The molecule has 4 heteroatoms. The molecule has 1 rings (SSSR count). The quantitative estimate of drug-likeness (QED) is 0.830. The largest absolute Gasteiger partial charge is 0.393 e. The van der Waals surface area contributed by atoms with E-state index in [0.29, 0.717) is 13.0 Å². The van der Waals surface area contributed by atoms with Crippen molar-refractivity contribution in [3.63, 3.8) is 0 Å². The molecule has 1 atom stereocenters. The zero-order valence-electron chi connectivity index (χ0n) is 11.7. The minimum absolute atomic E-state index is 0.0923. The van der Waals surface area contributed by atoms with Crippen LogP contribution in [0.4, 0.5) is 4.39 Å². The fourth-order valence-electron chi connectivity index (χ4n) is 2.06. The van der Waals surface area contributed by atoms with E-state index in [4.69, 9.17) is 0 Å². The monoisotopic (exact) mass is 267 g/mol. The van der Waals surface area contributed by atoms with E-state index in [0.717, 1.165) is 5.56 Å². The average molecular weight is 267 g/mol. The standard InChI is InChI=1S/C15H22FNO2/c1-11(18)9-15(2,3)10-17-14(19)8-12-4-6-13(16)7-5-12/h4-7,11,18H,8-10H2,1-3H3,(H,17,19). The van der Waals surface area contributed by atoms with Crippen LogP contribution < -0.4 is 5.32 Å². The van der Waals surface area contributed by atoms with Crippen LogP contribution in [0, 0.1) is 11.2 Å². The van der Waals surface area contributed by atoms with Gasteiger partial charge in [0.25, 0.3) is 0 Å². The number of benzene rings is 1. The van der Waals surface area contributed by atoms with E-state index in [1.54, 1.807) is 19.1 Å². The molecule has 2 N–H and O–H groups in total. The summed E-state index contributed by atoms with van der Waals surface area (Å²) in [5, 5.41) is 12.2. The van der Waals surface area contributed by atoms with Gasteiger partial charge in [-0.05, 0) is 36.5 Å². The van der Waals surface area contributed by atoms with Crippen molar-refractivity contribution in [3.8, 4) is 0 Å². The minimum Gasteiger partial charge on any atom is -0.393 e. The highest BCUT2D eigenvalue weighted by Gasteiger charge is 2.21. The molecule has 0 bridgehead atoms. The predicted octanol–water partition coefficient (Wildman–Crippen LogP) is 2.28.